The van der Waals surface area contributed by atoms with Crippen LogP contribution in [0.3, 0.4) is 0 Å². The maximum Gasteiger partial charge on any atom is 0.200 e. The number of ether oxygens (including phenoxy) is 4. The number of thioether (sulfide) groups is 2. The Morgan fingerprint density at radius 1 is 0.741 bits per heavy atom. The van der Waals surface area contributed by atoms with Gasteiger partial charge in [-0.15, -0.1) is 23.5 Å². The summed E-state index contributed by atoms with van der Waals surface area (Å²) in [5.41, 5.74) is 2.04. The fourth-order valence-corrected chi connectivity index (χ4v) is 6.16. The molecule has 146 valence electrons. The molecule has 1 aliphatic rings. The molecule has 2 atom stereocenters. The molecule has 2 aromatic carbocycles. The molecule has 1 heterocycles. The Balaban J connectivity index is 1.88. The molecule has 0 bridgehead atoms. The third-order valence-electron chi connectivity index (χ3n) is 4.34. The van der Waals surface area contributed by atoms with E-state index in [1.807, 2.05) is 24.3 Å². The van der Waals surface area contributed by atoms with Gasteiger partial charge in [-0.2, -0.15) is 0 Å². The first-order valence-electron chi connectivity index (χ1n) is 8.19. The number of methoxy groups -OCH3 is 4. The highest BCUT2D eigenvalue weighted by molar-refractivity contribution is 8.19. The maximum absolute atomic E-state index is 10.1. The lowest BCUT2D eigenvalue weighted by atomic mass is 10.1. The van der Waals surface area contributed by atoms with Crippen LogP contribution in [-0.2, 0) is 0 Å². The Labute approximate surface area is 166 Å². The van der Waals surface area contributed by atoms with E-state index >= 15 is 0 Å². The molecule has 3 rings (SSSR count). The Hall–Kier alpha value is -2.06. The average molecular weight is 411 g/mol. The van der Waals surface area contributed by atoms with E-state index in [9.17, 15) is 10.2 Å². The van der Waals surface area contributed by atoms with Crippen molar-refractivity contribution in [2.24, 2.45) is 0 Å². The molecule has 0 amide bonds. The second-order valence-corrected chi connectivity index (χ2v) is 8.59. The second-order valence-electron chi connectivity index (χ2n) is 5.84. The molecule has 27 heavy (non-hydrogen) atoms. The topological polar surface area (TPSA) is 77.4 Å². The zero-order valence-corrected chi connectivity index (χ0v) is 17.1. The molecule has 0 saturated carbocycles. The molecule has 0 unspecified atom stereocenters. The van der Waals surface area contributed by atoms with Crippen LogP contribution in [0.25, 0.3) is 0 Å². The van der Waals surface area contributed by atoms with Crippen molar-refractivity contribution in [3.05, 3.63) is 35.4 Å². The fraction of sp³-hybridized carbons (Fsp3) is 0.368. The lowest BCUT2D eigenvalue weighted by molar-refractivity contribution is 0.339. The van der Waals surface area contributed by atoms with Crippen molar-refractivity contribution < 1.29 is 29.2 Å². The third-order valence-corrected chi connectivity index (χ3v) is 7.68. The number of aromatic hydroxyl groups is 2. The van der Waals surface area contributed by atoms with Crippen LogP contribution in [0.4, 0.5) is 0 Å². The van der Waals surface area contributed by atoms with Gasteiger partial charge >= 0.3 is 0 Å². The molecule has 2 N–H and O–H groups in total. The van der Waals surface area contributed by atoms with Crippen molar-refractivity contribution >= 4 is 23.5 Å². The normalized spacial score (nSPS) is 19.0. The standard InChI is InChI=1S/C19H22O6S2/c1-22-12-5-10(6-13(23-2)17(12)20)16-9-26-19(27-16)11-7-14(24-3)18(21)15(8-11)25-4/h5-8,16,19-21H,9H2,1-4H3/t16-,19+/m0/s1. The van der Waals surface area contributed by atoms with E-state index in [1.54, 1.807) is 23.5 Å². The Bertz CT molecular complexity index is 708. The summed E-state index contributed by atoms with van der Waals surface area (Å²) in [6.07, 6.45) is 0. The van der Waals surface area contributed by atoms with E-state index in [-0.39, 0.29) is 21.3 Å². The van der Waals surface area contributed by atoms with E-state index in [2.05, 4.69) is 0 Å². The predicted molar refractivity (Wildman–Crippen MR) is 108 cm³/mol. The first kappa shape index (κ1) is 19.7. The van der Waals surface area contributed by atoms with Gasteiger partial charge in [-0.3, -0.25) is 0 Å². The first-order chi connectivity index (χ1) is 13.0. The highest BCUT2D eigenvalue weighted by Crippen LogP contribution is 2.58. The molecule has 1 saturated heterocycles. The second kappa shape index (κ2) is 8.31. The fourth-order valence-electron chi connectivity index (χ4n) is 2.90. The van der Waals surface area contributed by atoms with Gasteiger partial charge < -0.3 is 29.2 Å². The van der Waals surface area contributed by atoms with Crippen LogP contribution in [0.5, 0.6) is 34.5 Å². The van der Waals surface area contributed by atoms with Crippen LogP contribution in [0.15, 0.2) is 24.3 Å². The highest BCUT2D eigenvalue weighted by Gasteiger charge is 2.31. The first-order valence-corrected chi connectivity index (χ1v) is 10.2. The molecule has 0 aliphatic carbocycles. The summed E-state index contributed by atoms with van der Waals surface area (Å²) < 4.78 is 21.2. The van der Waals surface area contributed by atoms with Crippen molar-refractivity contribution in [2.75, 3.05) is 34.2 Å². The molecule has 1 aliphatic heterocycles. The summed E-state index contributed by atoms with van der Waals surface area (Å²) in [6.45, 7) is 0. The minimum atomic E-state index is 0.00121. The Morgan fingerprint density at radius 2 is 1.15 bits per heavy atom. The van der Waals surface area contributed by atoms with E-state index < -0.39 is 0 Å². The third kappa shape index (κ3) is 3.82. The van der Waals surface area contributed by atoms with Crippen LogP contribution in [-0.4, -0.2) is 44.4 Å². The number of rotatable bonds is 6. The van der Waals surface area contributed by atoms with Gasteiger partial charge in [0.15, 0.2) is 23.0 Å². The van der Waals surface area contributed by atoms with Gasteiger partial charge in [-0.1, -0.05) is 0 Å². The van der Waals surface area contributed by atoms with Gasteiger partial charge in [-0.05, 0) is 35.4 Å². The van der Waals surface area contributed by atoms with Crippen molar-refractivity contribution in [2.45, 2.75) is 9.83 Å². The van der Waals surface area contributed by atoms with Crippen molar-refractivity contribution in [1.29, 1.82) is 0 Å². The van der Waals surface area contributed by atoms with Crippen LogP contribution in [0.1, 0.15) is 21.0 Å². The van der Waals surface area contributed by atoms with Gasteiger partial charge in [0, 0.05) is 11.0 Å². The molecular weight excluding hydrogens is 388 g/mol. The summed E-state index contributed by atoms with van der Waals surface area (Å²) in [4.78, 5) is 0. The summed E-state index contributed by atoms with van der Waals surface area (Å²) >= 11 is 3.58. The van der Waals surface area contributed by atoms with Gasteiger partial charge in [-0.25, -0.2) is 0 Å². The molecule has 0 spiro atoms. The highest BCUT2D eigenvalue weighted by atomic mass is 32.2. The predicted octanol–water partition coefficient (Wildman–Crippen LogP) is 4.35. The van der Waals surface area contributed by atoms with Crippen LogP contribution >= 0.6 is 23.5 Å². The lowest BCUT2D eigenvalue weighted by Crippen LogP contribution is -1.97. The van der Waals surface area contributed by atoms with E-state index in [0.29, 0.717) is 23.0 Å². The molecule has 0 radical (unpaired) electrons. The number of hydrogen-bond donors (Lipinski definition) is 2. The van der Waals surface area contributed by atoms with E-state index in [1.165, 1.54) is 28.4 Å². The number of phenolic OH excluding ortho intramolecular Hbond substituents is 2. The summed E-state index contributed by atoms with van der Waals surface area (Å²) in [5, 5.41) is 20.4. The SMILES string of the molecule is COc1cc([C@@H]2SC[C@@H](c3cc(OC)c(O)c(OC)c3)S2)cc(OC)c1O. The molecule has 0 aromatic heterocycles. The zero-order valence-electron chi connectivity index (χ0n) is 15.5. The van der Waals surface area contributed by atoms with Crippen LogP contribution in [0.2, 0.25) is 0 Å². The number of phenols is 2. The van der Waals surface area contributed by atoms with Crippen molar-refractivity contribution in [3.8, 4) is 34.5 Å². The molecule has 8 heteroatoms. The van der Waals surface area contributed by atoms with Gasteiger partial charge in [0.05, 0.1) is 33.0 Å². The molecular formula is C19H22O6S2. The molecule has 2 aromatic rings. The minimum absolute atomic E-state index is 0.00121. The van der Waals surface area contributed by atoms with Crippen molar-refractivity contribution in [3.63, 3.8) is 0 Å². The Morgan fingerprint density at radius 3 is 1.56 bits per heavy atom. The van der Waals surface area contributed by atoms with Crippen molar-refractivity contribution in [1.82, 2.24) is 0 Å². The van der Waals surface area contributed by atoms with E-state index in [0.717, 1.165) is 16.9 Å². The smallest absolute Gasteiger partial charge is 0.200 e. The summed E-state index contributed by atoms with van der Waals surface area (Å²) in [5.74, 6) is 2.46. The van der Waals surface area contributed by atoms with Gasteiger partial charge in [0.2, 0.25) is 11.5 Å². The van der Waals surface area contributed by atoms with E-state index in [4.69, 9.17) is 18.9 Å². The van der Waals surface area contributed by atoms with Crippen LogP contribution < -0.4 is 18.9 Å². The lowest BCUT2D eigenvalue weighted by Gasteiger charge is -2.16. The van der Waals surface area contributed by atoms with Gasteiger partial charge in [0.1, 0.15) is 0 Å². The number of hydrogen-bond acceptors (Lipinski definition) is 8. The quantitative estimate of drug-likeness (QED) is 0.728. The van der Waals surface area contributed by atoms with Gasteiger partial charge in [0.25, 0.3) is 0 Å². The summed E-state index contributed by atoms with van der Waals surface area (Å²) in [7, 11) is 6.08. The Kier molecular flexibility index (Phi) is 6.06. The monoisotopic (exact) mass is 410 g/mol. The maximum atomic E-state index is 10.1. The summed E-state index contributed by atoms with van der Waals surface area (Å²) in [6, 6.07) is 7.36. The zero-order chi connectivity index (χ0) is 19.6. The average Bonchev–Trinajstić information content (AvgIpc) is 3.18. The number of benzene rings is 2. The largest absolute Gasteiger partial charge is 0.502 e. The molecule has 6 nitrogen and oxygen atoms in total. The van der Waals surface area contributed by atoms with Crippen LogP contribution in [0, 0.1) is 0 Å². The minimum Gasteiger partial charge on any atom is -0.502 e. The molecule has 1 fully saturated rings.